The van der Waals surface area contributed by atoms with E-state index < -0.39 is 0 Å². The van der Waals surface area contributed by atoms with Crippen molar-refractivity contribution in [3.05, 3.63) is 90.0 Å². The normalized spacial score (nSPS) is 10.3. The van der Waals surface area contributed by atoms with Crippen LogP contribution < -0.4 is 4.90 Å². The van der Waals surface area contributed by atoms with Gasteiger partial charge in [-0.05, 0) is 48.4 Å². The second-order valence-electron chi connectivity index (χ2n) is 5.25. The number of rotatable bonds is 4. The second kappa shape index (κ2) is 6.83. The standard InChI is InChI=1S/C19H17N3O/c1-15-6-2-3-8-18(15)22(14-16-9-12-20-13-10-16)19(23)17-7-4-5-11-21-17/h2-13H,14H2,1H3. The van der Waals surface area contributed by atoms with Crippen LogP contribution in [-0.4, -0.2) is 15.9 Å². The molecule has 3 rings (SSSR count). The quantitative estimate of drug-likeness (QED) is 0.739. The molecule has 0 radical (unpaired) electrons. The van der Waals surface area contributed by atoms with Gasteiger partial charge in [-0.25, -0.2) is 0 Å². The van der Waals surface area contributed by atoms with Gasteiger partial charge in [0.15, 0.2) is 0 Å². The molecule has 0 fully saturated rings. The van der Waals surface area contributed by atoms with E-state index in [1.54, 1.807) is 35.6 Å². The molecule has 0 spiro atoms. The van der Waals surface area contributed by atoms with Gasteiger partial charge in [0, 0.05) is 24.3 Å². The number of nitrogens with zero attached hydrogens (tertiary/aromatic N) is 3. The highest BCUT2D eigenvalue weighted by molar-refractivity contribution is 6.05. The summed E-state index contributed by atoms with van der Waals surface area (Å²) in [5, 5.41) is 0. The van der Waals surface area contributed by atoms with Gasteiger partial charge in [0.2, 0.25) is 0 Å². The van der Waals surface area contributed by atoms with E-state index in [-0.39, 0.29) is 5.91 Å². The molecule has 0 N–H and O–H groups in total. The number of hydrogen-bond donors (Lipinski definition) is 0. The molecule has 114 valence electrons. The van der Waals surface area contributed by atoms with Crippen molar-refractivity contribution in [2.45, 2.75) is 13.5 Å². The first-order valence-corrected chi connectivity index (χ1v) is 7.43. The van der Waals surface area contributed by atoms with Crippen LogP contribution in [-0.2, 0) is 6.54 Å². The van der Waals surface area contributed by atoms with Gasteiger partial charge in [0.25, 0.3) is 5.91 Å². The molecule has 0 saturated carbocycles. The average molecular weight is 303 g/mol. The molecule has 3 aromatic rings. The Kier molecular flexibility index (Phi) is 4.43. The molecule has 1 aromatic carbocycles. The third-order valence-electron chi connectivity index (χ3n) is 3.63. The first-order valence-electron chi connectivity index (χ1n) is 7.43. The van der Waals surface area contributed by atoms with E-state index in [2.05, 4.69) is 9.97 Å². The maximum atomic E-state index is 12.9. The van der Waals surface area contributed by atoms with Crippen LogP contribution in [0.2, 0.25) is 0 Å². The highest BCUT2D eigenvalue weighted by atomic mass is 16.2. The zero-order valence-corrected chi connectivity index (χ0v) is 12.9. The van der Waals surface area contributed by atoms with E-state index in [1.807, 2.05) is 49.4 Å². The lowest BCUT2D eigenvalue weighted by molar-refractivity contribution is 0.0980. The molecule has 2 aromatic heterocycles. The molecule has 4 heteroatoms. The SMILES string of the molecule is Cc1ccccc1N(Cc1ccncc1)C(=O)c1ccccn1. The number of aryl methyl sites for hydroxylation is 1. The lowest BCUT2D eigenvalue weighted by Gasteiger charge is -2.24. The monoisotopic (exact) mass is 303 g/mol. The molecular weight excluding hydrogens is 286 g/mol. The van der Waals surface area contributed by atoms with Crippen molar-refractivity contribution in [2.24, 2.45) is 0 Å². The molecule has 4 nitrogen and oxygen atoms in total. The average Bonchev–Trinajstić information content (AvgIpc) is 2.61. The van der Waals surface area contributed by atoms with Gasteiger partial charge >= 0.3 is 0 Å². The van der Waals surface area contributed by atoms with Crippen LogP contribution in [0.4, 0.5) is 5.69 Å². The third kappa shape index (κ3) is 3.43. The van der Waals surface area contributed by atoms with E-state index in [1.165, 1.54) is 0 Å². The van der Waals surface area contributed by atoms with Gasteiger partial charge in [-0.3, -0.25) is 14.8 Å². The molecule has 0 atom stereocenters. The summed E-state index contributed by atoms with van der Waals surface area (Å²) in [5.41, 5.74) is 3.39. The first kappa shape index (κ1) is 14.9. The highest BCUT2D eigenvalue weighted by Crippen LogP contribution is 2.23. The predicted molar refractivity (Wildman–Crippen MR) is 90.2 cm³/mol. The van der Waals surface area contributed by atoms with E-state index in [0.717, 1.165) is 16.8 Å². The summed E-state index contributed by atoms with van der Waals surface area (Å²) in [4.78, 5) is 22.9. The number of anilines is 1. The van der Waals surface area contributed by atoms with E-state index in [0.29, 0.717) is 12.2 Å². The maximum Gasteiger partial charge on any atom is 0.277 e. The van der Waals surface area contributed by atoms with Crippen LogP contribution in [0.1, 0.15) is 21.6 Å². The minimum absolute atomic E-state index is 0.114. The van der Waals surface area contributed by atoms with Crippen LogP contribution in [0.3, 0.4) is 0 Å². The number of benzene rings is 1. The van der Waals surface area contributed by atoms with Crippen molar-refractivity contribution in [1.82, 2.24) is 9.97 Å². The van der Waals surface area contributed by atoms with Gasteiger partial charge in [0.05, 0.1) is 6.54 Å². The number of aromatic nitrogens is 2. The Morgan fingerprint density at radius 2 is 1.70 bits per heavy atom. The van der Waals surface area contributed by atoms with Gasteiger partial charge < -0.3 is 4.90 Å². The maximum absolute atomic E-state index is 12.9. The van der Waals surface area contributed by atoms with Crippen LogP contribution in [0.25, 0.3) is 0 Å². The zero-order valence-electron chi connectivity index (χ0n) is 12.9. The zero-order chi connectivity index (χ0) is 16.1. The van der Waals surface area contributed by atoms with Crippen LogP contribution >= 0.6 is 0 Å². The fraction of sp³-hybridized carbons (Fsp3) is 0.105. The molecule has 1 amide bonds. The molecule has 2 heterocycles. The molecule has 0 bridgehead atoms. The van der Waals surface area contributed by atoms with Crippen LogP contribution in [0.15, 0.2) is 73.2 Å². The highest BCUT2D eigenvalue weighted by Gasteiger charge is 2.20. The van der Waals surface area contributed by atoms with Crippen molar-refractivity contribution >= 4 is 11.6 Å². The van der Waals surface area contributed by atoms with Crippen molar-refractivity contribution in [2.75, 3.05) is 4.90 Å². The van der Waals surface area contributed by atoms with Crippen molar-refractivity contribution < 1.29 is 4.79 Å². The van der Waals surface area contributed by atoms with Gasteiger partial charge in [-0.15, -0.1) is 0 Å². The summed E-state index contributed by atoms with van der Waals surface area (Å²) in [6.45, 7) is 2.48. The molecule has 0 aliphatic heterocycles. The minimum atomic E-state index is -0.114. The molecule has 0 saturated heterocycles. The number of carbonyl (C=O) groups excluding carboxylic acids is 1. The largest absolute Gasteiger partial charge is 0.302 e. The fourth-order valence-corrected chi connectivity index (χ4v) is 2.43. The lowest BCUT2D eigenvalue weighted by Crippen LogP contribution is -2.31. The number of carbonyl (C=O) groups is 1. The third-order valence-corrected chi connectivity index (χ3v) is 3.63. The smallest absolute Gasteiger partial charge is 0.277 e. The van der Waals surface area contributed by atoms with Gasteiger partial charge in [-0.2, -0.15) is 0 Å². The summed E-state index contributed by atoms with van der Waals surface area (Å²) >= 11 is 0. The summed E-state index contributed by atoms with van der Waals surface area (Å²) < 4.78 is 0. The van der Waals surface area contributed by atoms with Crippen LogP contribution in [0, 0.1) is 6.92 Å². The minimum Gasteiger partial charge on any atom is -0.302 e. The number of para-hydroxylation sites is 1. The van der Waals surface area contributed by atoms with E-state index in [9.17, 15) is 4.79 Å². The number of hydrogen-bond acceptors (Lipinski definition) is 3. The summed E-state index contributed by atoms with van der Waals surface area (Å²) in [7, 11) is 0. The molecule has 0 aliphatic rings. The molecule has 23 heavy (non-hydrogen) atoms. The van der Waals surface area contributed by atoms with Crippen molar-refractivity contribution in [3.8, 4) is 0 Å². The van der Waals surface area contributed by atoms with Gasteiger partial charge in [-0.1, -0.05) is 24.3 Å². The van der Waals surface area contributed by atoms with E-state index >= 15 is 0 Å². The van der Waals surface area contributed by atoms with Crippen molar-refractivity contribution in [1.29, 1.82) is 0 Å². The van der Waals surface area contributed by atoms with Crippen molar-refractivity contribution in [3.63, 3.8) is 0 Å². The summed E-state index contributed by atoms with van der Waals surface area (Å²) in [6.07, 6.45) is 5.10. The number of amides is 1. The topological polar surface area (TPSA) is 46.1 Å². The molecular formula is C19H17N3O. The fourth-order valence-electron chi connectivity index (χ4n) is 2.43. The predicted octanol–water partition coefficient (Wildman–Crippen LogP) is 3.63. The summed E-state index contributed by atoms with van der Waals surface area (Å²) in [5.74, 6) is -0.114. The van der Waals surface area contributed by atoms with Crippen LogP contribution in [0.5, 0.6) is 0 Å². The Morgan fingerprint density at radius 3 is 2.39 bits per heavy atom. The Morgan fingerprint density at radius 1 is 0.957 bits per heavy atom. The summed E-state index contributed by atoms with van der Waals surface area (Å²) in [6, 6.07) is 17.1. The Balaban J connectivity index is 2.00. The second-order valence-corrected chi connectivity index (χ2v) is 5.25. The Hall–Kier alpha value is -3.01. The van der Waals surface area contributed by atoms with E-state index in [4.69, 9.17) is 0 Å². The first-order chi connectivity index (χ1) is 11.3. The Bertz CT molecular complexity index is 788. The number of pyridine rings is 2. The Labute approximate surface area is 135 Å². The lowest BCUT2D eigenvalue weighted by atomic mass is 10.1. The molecule has 0 unspecified atom stereocenters. The molecule has 0 aliphatic carbocycles. The van der Waals surface area contributed by atoms with Gasteiger partial charge in [0.1, 0.15) is 5.69 Å².